The van der Waals surface area contributed by atoms with E-state index in [0.29, 0.717) is 6.54 Å². The summed E-state index contributed by atoms with van der Waals surface area (Å²) in [5, 5.41) is 11.7. The summed E-state index contributed by atoms with van der Waals surface area (Å²) < 4.78 is 7.96. The fraction of sp³-hybridized carbons (Fsp3) is 0.591. The largest absolute Gasteiger partial charge is 0.376 e. The lowest BCUT2D eigenvalue weighted by Gasteiger charge is -2.25. The van der Waals surface area contributed by atoms with Gasteiger partial charge in [0.15, 0.2) is 5.96 Å². The number of aliphatic imine (C=N–C) groups is 1. The van der Waals surface area contributed by atoms with Crippen LogP contribution < -0.4 is 5.32 Å². The van der Waals surface area contributed by atoms with E-state index >= 15 is 0 Å². The Labute approximate surface area is 184 Å². The van der Waals surface area contributed by atoms with Gasteiger partial charge in [-0.1, -0.05) is 19.1 Å². The number of benzene rings is 1. The van der Waals surface area contributed by atoms with Crippen LogP contribution in [-0.2, 0) is 24.2 Å². The third-order valence-corrected chi connectivity index (χ3v) is 6.05. The van der Waals surface area contributed by atoms with Crippen LogP contribution in [0.25, 0.3) is 0 Å². The standard InChI is InChI=1S/C22H34N6OS/c1-4-21-26-25-17-28(21)13-12-23-22(24-15-19-7-5-6-14-29-19)27(2)16-18-8-10-20(30-3)11-9-18/h8-11,17,19H,4-7,12-16H2,1-3H3,(H,23,24). The van der Waals surface area contributed by atoms with E-state index in [-0.39, 0.29) is 6.10 Å². The van der Waals surface area contributed by atoms with Crippen molar-refractivity contribution < 1.29 is 4.74 Å². The van der Waals surface area contributed by atoms with Crippen molar-refractivity contribution in [2.45, 2.75) is 56.7 Å². The van der Waals surface area contributed by atoms with Gasteiger partial charge in [0.2, 0.25) is 0 Å². The van der Waals surface area contributed by atoms with Crippen LogP contribution in [0.15, 0.2) is 40.5 Å². The molecule has 0 radical (unpaired) electrons. The van der Waals surface area contributed by atoms with Crippen molar-refractivity contribution in [1.82, 2.24) is 25.0 Å². The maximum Gasteiger partial charge on any atom is 0.194 e. The normalized spacial score (nSPS) is 17.2. The number of thioether (sulfide) groups is 1. The van der Waals surface area contributed by atoms with Gasteiger partial charge < -0.3 is 19.5 Å². The van der Waals surface area contributed by atoms with Gasteiger partial charge in [0.1, 0.15) is 12.2 Å². The smallest absolute Gasteiger partial charge is 0.194 e. The summed E-state index contributed by atoms with van der Waals surface area (Å²) in [5.41, 5.74) is 1.27. The van der Waals surface area contributed by atoms with E-state index in [9.17, 15) is 0 Å². The molecule has 1 N–H and O–H groups in total. The van der Waals surface area contributed by atoms with Crippen molar-refractivity contribution in [3.05, 3.63) is 42.0 Å². The lowest BCUT2D eigenvalue weighted by molar-refractivity contribution is 0.0223. The molecule has 1 saturated heterocycles. The van der Waals surface area contributed by atoms with Crippen molar-refractivity contribution in [3.8, 4) is 0 Å². The third kappa shape index (κ3) is 6.74. The Morgan fingerprint density at radius 2 is 2.17 bits per heavy atom. The molecule has 1 aliphatic rings. The molecule has 8 heteroatoms. The summed E-state index contributed by atoms with van der Waals surface area (Å²) >= 11 is 1.76. The lowest BCUT2D eigenvalue weighted by Crippen LogP contribution is -2.40. The zero-order valence-electron chi connectivity index (χ0n) is 18.4. The first-order valence-corrected chi connectivity index (χ1v) is 12.0. The number of aromatic nitrogens is 3. The summed E-state index contributed by atoms with van der Waals surface area (Å²) in [5.74, 6) is 1.91. The van der Waals surface area contributed by atoms with Gasteiger partial charge in [-0.05, 0) is 43.2 Å². The molecular formula is C22H34N6OS. The minimum absolute atomic E-state index is 0.231. The third-order valence-electron chi connectivity index (χ3n) is 5.31. The van der Waals surface area contributed by atoms with Crippen LogP contribution in [0.1, 0.15) is 37.6 Å². The molecule has 7 nitrogen and oxygen atoms in total. The fourth-order valence-corrected chi connectivity index (χ4v) is 3.97. The molecule has 1 aromatic heterocycles. The molecule has 2 aromatic rings. The highest BCUT2D eigenvalue weighted by Crippen LogP contribution is 2.16. The lowest BCUT2D eigenvalue weighted by atomic mass is 10.1. The summed E-state index contributed by atoms with van der Waals surface area (Å²) in [4.78, 5) is 8.37. The maximum absolute atomic E-state index is 5.87. The van der Waals surface area contributed by atoms with Crippen LogP contribution in [0.4, 0.5) is 0 Å². The number of rotatable bonds is 9. The zero-order chi connectivity index (χ0) is 21.2. The predicted octanol–water partition coefficient (Wildman–Crippen LogP) is 3.21. The van der Waals surface area contributed by atoms with E-state index in [1.54, 1.807) is 18.1 Å². The molecular weight excluding hydrogens is 396 g/mol. The predicted molar refractivity (Wildman–Crippen MR) is 123 cm³/mol. The summed E-state index contributed by atoms with van der Waals surface area (Å²) in [6, 6.07) is 8.72. The number of ether oxygens (including phenoxy) is 1. The first-order chi connectivity index (χ1) is 14.7. The molecule has 164 valence electrons. The van der Waals surface area contributed by atoms with Gasteiger partial charge in [-0.25, -0.2) is 0 Å². The van der Waals surface area contributed by atoms with Crippen LogP contribution in [0.2, 0.25) is 0 Å². The molecule has 1 fully saturated rings. The molecule has 3 rings (SSSR count). The van der Waals surface area contributed by atoms with Gasteiger partial charge in [0.25, 0.3) is 0 Å². The SMILES string of the molecule is CCc1nncn1CCNC(=NCC1CCCCO1)N(C)Cc1ccc(SC)cc1. The molecule has 1 atom stereocenters. The minimum Gasteiger partial charge on any atom is -0.376 e. The van der Waals surface area contributed by atoms with Gasteiger partial charge in [0, 0.05) is 44.6 Å². The Morgan fingerprint density at radius 3 is 2.87 bits per heavy atom. The highest BCUT2D eigenvalue weighted by Gasteiger charge is 2.15. The summed E-state index contributed by atoms with van der Waals surface area (Å²) in [7, 11) is 2.09. The van der Waals surface area contributed by atoms with E-state index in [2.05, 4.69) is 69.5 Å². The van der Waals surface area contributed by atoms with Gasteiger partial charge >= 0.3 is 0 Å². The number of nitrogens with one attached hydrogen (secondary N) is 1. The Balaban J connectivity index is 1.62. The van der Waals surface area contributed by atoms with Crippen molar-refractivity contribution in [2.75, 3.05) is 33.0 Å². The number of aryl methyl sites for hydroxylation is 1. The average Bonchev–Trinajstić information content (AvgIpc) is 3.24. The van der Waals surface area contributed by atoms with Crippen molar-refractivity contribution in [1.29, 1.82) is 0 Å². The molecule has 1 unspecified atom stereocenters. The number of guanidine groups is 1. The molecule has 2 heterocycles. The van der Waals surface area contributed by atoms with E-state index in [1.807, 2.05) is 0 Å². The summed E-state index contributed by atoms with van der Waals surface area (Å²) in [6.07, 6.45) is 8.49. The van der Waals surface area contributed by atoms with Gasteiger partial charge in [-0.2, -0.15) is 0 Å². The second-order valence-electron chi connectivity index (χ2n) is 7.58. The zero-order valence-corrected chi connectivity index (χ0v) is 19.2. The second kappa shape index (κ2) is 12.0. The quantitative estimate of drug-likeness (QED) is 0.374. The van der Waals surface area contributed by atoms with Crippen molar-refractivity contribution in [3.63, 3.8) is 0 Å². The number of hydrogen-bond donors (Lipinski definition) is 1. The number of nitrogens with zero attached hydrogens (tertiary/aromatic N) is 5. The number of hydrogen-bond acceptors (Lipinski definition) is 5. The highest BCUT2D eigenvalue weighted by atomic mass is 32.2. The molecule has 0 bridgehead atoms. The Bertz CT molecular complexity index is 785. The van der Waals surface area contributed by atoms with Crippen LogP contribution in [0.5, 0.6) is 0 Å². The summed E-state index contributed by atoms with van der Waals surface area (Å²) in [6.45, 7) is 6.04. The second-order valence-corrected chi connectivity index (χ2v) is 8.46. The Morgan fingerprint density at radius 1 is 1.33 bits per heavy atom. The van der Waals surface area contributed by atoms with Crippen molar-refractivity contribution >= 4 is 17.7 Å². The van der Waals surface area contributed by atoms with E-state index in [0.717, 1.165) is 57.3 Å². The molecule has 1 aliphatic heterocycles. The average molecular weight is 431 g/mol. The fourth-order valence-electron chi connectivity index (χ4n) is 3.56. The molecule has 0 amide bonds. The minimum atomic E-state index is 0.231. The maximum atomic E-state index is 5.87. The van der Waals surface area contributed by atoms with E-state index in [4.69, 9.17) is 9.73 Å². The Kier molecular flexibility index (Phi) is 9.01. The van der Waals surface area contributed by atoms with Gasteiger partial charge in [-0.3, -0.25) is 4.99 Å². The van der Waals surface area contributed by atoms with Crippen LogP contribution in [0, 0.1) is 0 Å². The van der Waals surface area contributed by atoms with Gasteiger partial charge in [0.05, 0.1) is 12.6 Å². The van der Waals surface area contributed by atoms with E-state index < -0.39 is 0 Å². The topological polar surface area (TPSA) is 67.6 Å². The molecule has 0 spiro atoms. The monoisotopic (exact) mass is 430 g/mol. The van der Waals surface area contributed by atoms with Crippen LogP contribution in [-0.4, -0.2) is 64.7 Å². The van der Waals surface area contributed by atoms with Crippen LogP contribution >= 0.6 is 11.8 Å². The first-order valence-electron chi connectivity index (χ1n) is 10.8. The first kappa shape index (κ1) is 22.6. The molecule has 0 saturated carbocycles. The van der Waals surface area contributed by atoms with Crippen LogP contribution in [0.3, 0.4) is 0 Å². The van der Waals surface area contributed by atoms with Gasteiger partial charge in [-0.15, -0.1) is 22.0 Å². The van der Waals surface area contributed by atoms with E-state index in [1.165, 1.54) is 16.9 Å². The molecule has 30 heavy (non-hydrogen) atoms. The highest BCUT2D eigenvalue weighted by molar-refractivity contribution is 7.98. The van der Waals surface area contributed by atoms with Crippen molar-refractivity contribution in [2.24, 2.45) is 4.99 Å². The molecule has 0 aliphatic carbocycles. The Hall–Kier alpha value is -2.06. The molecule has 1 aromatic carbocycles.